The van der Waals surface area contributed by atoms with Gasteiger partial charge >= 0.3 is 5.97 Å². The van der Waals surface area contributed by atoms with E-state index < -0.39 is 15.0 Å². The highest BCUT2D eigenvalue weighted by atomic mass is 35.7. The molecule has 114 valence electrons. The molecule has 0 aromatic heterocycles. The van der Waals surface area contributed by atoms with Gasteiger partial charge in [0.05, 0.1) is 24.0 Å². The smallest absolute Gasteiger partial charge is 0.313 e. The number of benzene rings is 1. The number of carbonyl (C=O) groups excluding carboxylic acids is 1. The van der Waals surface area contributed by atoms with E-state index in [2.05, 4.69) is 0 Å². The first-order valence-electron chi connectivity index (χ1n) is 6.83. The highest BCUT2D eigenvalue weighted by Gasteiger charge is 2.32. The molecule has 0 bridgehead atoms. The Hall–Kier alpha value is -1.27. The van der Waals surface area contributed by atoms with Crippen molar-refractivity contribution in [2.45, 2.75) is 30.1 Å². The lowest BCUT2D eigenvalue weighted by Crippen LogP contribution is -2.24. The number of ether oxygens (including phenoxy) is 2. The molecule has 0 spiro atoms. The number of esters is 1. The van der Waals surface area contributed by atoms with E-state index >= 15 is 0 Å². The predicted molar refractivity (Wildman–Crippen MR) is 76.0 cm³/mol. The van der Waals surface area contributed by atoms with Crippen molar-refractivity contribution in [2.24, 2.45) is 5.92 Å². The Morgan fingerprint density at radius 2 is 2.10 bits per heavy atom. The number of halogens is 1. The van der Waals surface area contributed by atoms with Crippen molar-refractivity contribution in [2.75, 3.05) is 13.2 Å². The molecular weight excluding hydrogens is 316 g/mol. The minimum absolute atomic E-state index is 0.0339. The Morgan fingerprint density at radius 1 is 1.33 bits per heavy atom. The summed E-state index contributed by atoms with van der Waals surface area (Å²) in [6.45, 7) is 0.849. The van der Waals surface area contributed by atoms with E-state index in [1.807, 2.05) is 0 Å². The number of fused-ring (bicyclic) bond motifs is 1. The van der Waals surface area contributed by atoms with Gasteiger partial charge in [0.25, 0.3) is 9.05 Å². The van der Waals surface area contributed by atoms with Gasteiger partial charge in [0.1, 0.15) is 5.75 Å². The van der Waals surface area contributed by atoms with Crippen LogP contribution in [0.1, 0.15) is 30.7 Å². The third kappa shape index (κ3) is 3.32. The molecule has 1 aliphatic carbocycles. The second-order valence-electron chi connectivity index (χ2n) is 5.40. The van der Waals surface area contributed by atoms with Crippen molar-refractivity contribution >= 4 is 25.7 Å². The second kappa shape index (κ2) is 5.50. The van der Waals surface area contributed by atoms with Gasteiger partial charge in [-0.3, -0.25) is 4.79 Å². The number of hydrogen-bond donors (Lipinski definition) is 0. The van der Waals surface area contributed by atoms with Gasteiger partial charge in [-0.05, 0) is 43.4 Å². The van der Waals surface area contributed by atoms with Gasteiger partial charge in [0, 0.05) is 16.2 Å². The van der Waals surface area contributed by atoms with Crippen LogP contribution in [0.4, 0.5) is 0 Å². The molecule has 1 aromatic rings. The summed E-state index contributed by atoms with van der Waals surface area (Å²) in [7, 11) is 1.52. The van der Waals surface area contributed by atoms with Crippen molar-refractivity contribution in [3.05, 3.63) is 23.8 Å². The van der Waals surface area contributed by atoms with Crippen molar-refractivity contribution in [3.63, 3.8) is 0 Å². The van der Waals surface area contributed by atoms with Crippen LogP contribution in [-0.2, 0) is 18.6 Å². The molecule has 5 nitrogen and oxygen atoms in total. The Kier molecular flexibility index (Phi) is 3.84. The molecule has 1 saturated carbocycles. The quantitative estimate of drug-likeness (QED) is 0.626. The van der Waals surface area contributed by atoms with Crippen LogP contribution < -0.4 is 4.74 Å². The van der Waals surface area contributed by atoms with Crippen molar-refractivity contribution < 1.29 is 22.7 Å². The maximum Gasteiger partial charge on any atom is 0.313 e. The van der Waals surface area contributed by atoms with Crippen LogP contribution in [0.3, 0.4) is 0 Å². The van der Waals surface area contributed by atoms with Crippen LogP contribution in [0, 0.1) is 5.92 Å². The van der Waals surface area contributed by atoms with E-state index in [-0.39, 0.29) is 10.9 Å². The third-order valence-corrected chi connectivity index (χ3v) is 5.10. The van der Waals surface area contributed by atoms with E-state index in [1.54, 1.807) is 0 Å². The van der Waals surface area contributed by atoms with Gasteiger partial charge in [0.2, 0.25) is 0 Å². The Balaban J connectivity index is 1.86. The zero-order chi connectivity index (χ0) is 15.0. The summed E-state index contributed by atoms with van der Waals surface area (Å²) >= 11 is 0. The number of rotatable bonds is 4. The molecule has 7 heteroatoms. The average molecular weight is 331 g/mol. The molecule has 0 N–H and O–H groups in total. The van der Waals surface area contributed by atoms with Crippen molar-refractivity contribution in [3.8, 4) is 5.75 Å². The molecule has 0 radical (unpaired) electrons. The van der Waals surface area contributed by atoms with E-state index in [0.29, 0.717) is 36.9 Å². The topological polar surface area (TPSA) is 69.7 Å². The molecule has 1 aromatic carbocycles. The van der Waals surface area contributed by atoms with Crippen molar-refractivity contribution in [1.29, 1.82) is 0 Å². The Labute approximate surface area is 127 Å². The summed E-state index contributed by atoms with van der Waals surface area (Å²) in [5.41, 5.74) is 0.531. The Bertz CT molecular complexity index is 666. The van der Waals surface area contributed by atoms with Gasteiger partial charge < -0.3 is 9.47 Å². The van der Waals surface area contributed by atoms with Gasteiger partial charge in [-0.25, -0.2) is 8.42 Å². The zero-order valence-electron chi connectivity index (χ0n) is 11.2. The third-order valence-electron chi connectivity index (χ3n) is 3.75. The normalized spacial score (nSPS) is 21.3. The summed E-state index contributed by atoms with van der Waals surface area (Å²) < 4.78 is 33.6. The molecule has 21 heavy (non-hydrogen) atoms. The minimum atomic E-state index is -3.84. The van der Waals surface area contributed by atoms with Crippen LogP contribution in [0.25, 0.3) is 0 Å². The van der Waals surface area contributed by atoms with Crippen LogP contribution >= 0.6 is 10.7 Å². The lowest BCUT2D eigenvalue weighted by atomic mass is 9.93. The van der Waals surface area contributed by atoms with Gasteiger partial charge in [-0.1, -0.05) is 0 Å². The second-order valence-corrected chi connectivity index (χ2v) is 7.97. The summed E-state index contributed by atoms with van der Waals surface area (Å²) in [5.74, 6) is 0.183. The predicted octanol–water partition coefficient (Wildman–Crippen LogP) is 2.43. The molecule has 1 atom stereocenters. The molecule has 1 heterocycles. The summed E-state index contributed by atoms with van der Waals surface area (Å²) in [6, 6.07) is 4.31. The first-order chi connectivity index (χ1) is 9.95. The molecule has 2 aliphatic rings. The number of carbonyl (C=O) groups is 1. The van der Waals surface area contributed by atoms with Gasteiger partial charge in [-0.15, -0.1) is 0 Å². The van der Waals surface area contributed by atoms with E-state index in [1.165, 1.54) is 18.2 Å². The highest BCUT2D eigenvalue weighted by molar-refractivity contribution is 8.13. The fourth-order valence-corrected chi connectivity index (χ4v) is 3.14. The highest BCUT2D eigenvalue weighted by Crippen LogP contribution is 2.37. The lowest BCUT2D eigenvalue weighted by molar-refractivity contribution is -0.146. The van der Waals surface area contributed by atoms with E-state index in [0.717, 1.165) is 12.8 Å². The molecular formula is C14H15ClO5S. The van der Waals surface area contributed by atoms with Crippen LogP contribution in [0.5, 0.6) is 5.75 Å². The molecule has 1 fully saturated rings. The fraction of sp³-hybridized carbons (Fsp3) is 0.500. The SMILES string of the molecule is O=C(OCC1CC1)C1CCOc2ccc(S(=O)(=O)Cl)cc21. The summed E-state index contributed by atoms with van der Waals surface area (Å²) in [5, 5.41) is 0. The molecule has 3 rings (SSSR count). The summed E-state index contributed by atoms with van der Waals surface area (Å²) in [6.07, 6.45) is 2.68. The van der Waals surface area contributed by atoms with Crippen LogP contribution in [0.15, 0.2) is 23.1 Å². The fourth-order valence-electron chi connectivity index (χ4n) is 2.35. The minimum Gasteiger partial charge on any atom is -0.493 e. The monoisotopic (exact) mass is 330 g/mol. The van der Waals surface area contributed by atoms with Gasteiger partial charge in [0.15, 0.2) is 0 Å². The van der Waals surface area contributed by atoms with E-state index in [9.17, 15) is 13.2 Å². The largest absolute Gasteiger partial charge is 0.493 e. The molecule has 0 amide bonds. The first-order valence-corrected chi connectivity index (χ1v) is 9.14. The van der Waals surface area contributed by atoms with Crippen LogP contribution in [0.2, 0.25) is 0 Å². The first kappa shape index (κ1) is 14.7. The van der Waals surface area contributed by atoms with Crippen LogP contribution in [-0.4, -0.2) is 27.6 Å². The molecule has 1 aliphatic heterocycles. The lowest BCUT2D eigenvalue weighted by Gasteiger charge is -2.25. The molecule has 1 unspecified atom stereocenters. The maximum absolute atomic E-state index is 12.2. The molecule has 0 saturated heterocycles. The zero-order valence-corrected chi connectivity index (χ0v) is 12.8. The maximum atomic E-state index is 12.2. The number of hydrogen-bond acceptors (Lipinski definition) is 5. The van der Waals surface area contributed by atoms with Crippen molar-refractivity contribution in [1.82, 2.24) is 0 Å². The average Bonchev–Trinajstić information content (AvgIpc) is 3.26. The van der Waals surface area contributed by atoms with Gasteiger partial charge in [-0.2, -0.15) is 0 Å². The standard InChI is InChI=1S/C14H15ClO5S/c15-21(17,18)10-3-4-13-12(7-10)11(5-6-19-13)14(16)20-8-9-1-2-9/h3-4,7,9,11H,1-2,5-6,8H2. The summed E-state index contributed by atoms with van der Waals surface area (Å²) in [4.78, 5) is 12.2. The van der Waals surface area contributed by atoms with E-state index in [4.69, 9.17) is 20.2 Å². The Morgan fingerprint density at radius 3 is 2.76 bits per heavy atom.